The molecule has 4 nitrogen and oxygen atoms in total. The van der Waals surface area contributed by atoms with Crippen molar-refractivity contribution in [2.24, 2.45) is 5.92 Å². The molecule has 0 aromatic rings. The summed E-state index contributed by atoms with van der Waals surface area (Å²) in [5.41, 5.74) is 0. The topological polar surface area (TPSA) is 50.4 Å². The van der Waals surface area contributed by atoms with Crippen molar-refractivity contribution in [3.05, 3.63) is 0 Å². The zero-order chi connectivity index (χ0) is 14.1. The predicted octanol–water partition coefficient (Wildman–Crippen LogP) is 2.09. The highest BCUT2D eigenvalue weighted by Gasteiger charge is 2.23. The number of unbranched alkanes of at least 4 members (excludes halogenated alkanes) is 2. The van der Waals surface area contributed by atoms with Crippen LogP contribution in [0.4, 0.5) is 0 Å². The van der Waals surface area contributed by atoms with Crippen LogP contribution in [0, 0.1) is 5.92 Å². The minimum absolute atomic E-state index is 0.112. The molecule has 0 radical (unpaired) electrons. The van der Waals surface area contributed by atoms with Gasteiger partial charge in [0.15, 0.2) is 0 Å². The molecule has 112 valence electrons. The summed E-state index contributed by atoms with van der Waals surface area (Å²) in [6, 6.07) is 0.264. The number of amides is 1. The minimum Gasteiger partial charge on any atom is -0.381 e. The highest BCUT2D eigenvalue weighted by Crippen LogP contribution is 2.18. The van der Waals surface area contributed by atoms with Crippen molar-refractivity contribution in [3.63, 3.8) is 0 Å². The number of carbonyl (C=O) groups excluding carboxylic acids is 1. The molecule has 2 unspecified atom stereocenters. The standard InChI is InChI=1S/C15H30N2O2/c1-4-5-6-9-16-15(18)13(3)17-12(2)14-7-10-19-11-8-14/h12-14,17H,4-11H2,1-3H3,(H,16,18). The van der Waals surface area contributed by atoms with Gasteiger partial charge in [0.05, 0.1) is 6.04 Å². The largest absolute Gasteiger partial charge is 0.381 e. The molecule has 0 saturated carbocycles. The second-order valence-electron chi connectivity index (χ2n) is 5.62. The molecule has 4 heteroatoms. The normalized spacial score (nSPS) is 19.9. The van der Waals surface area contributed by atoms with E-state index in [9.17, 15) is 4.79 Å². The van der Waals surface area contributed by atoms with Crippen molar-refractivity contribution in [2.75, 3.05) is 19.8 Å². The van der Waals surface area contributed by atoms with Gasteiger partial charge in [-0.3, -0.25) is 4.79 Å². The molecular formula is C15H30N2O2. The molecule has 0 aromatic heterocycles. The van der Waals surface area contributed by atoms with Crippen molar-refractivity contribution >= 4 is 5.91 Å². The van der Waals surface area contributed by atoms with Gasteiger partial charge in [-0.05, 0) is 39.0 Å². The second-order valence-corrected chi connectivity index (χ2v) is 5.62. The number of carbonyl (C=O) groups is 1. The maximum atomic E-state index is 11.9. The Hall–Kier alpha value is -0.610. The summed E-state index contributed by atoms with van der Waals surface area (Å²) in [5.74, 6) is 0.749. The number of hydrogen-bond donors (Lipinski definition) is 2. The van der Waals surface area contributed by atoms with Crippen molar-refractivity contribution in [2.45, 2.75) is 65.0 Å². The first-order chi connectivity index (χ1) is 9.15. The van der Waals surface area contributed by atoms with E-state index < -0.39 is 0 Å². The third-order valence-corrected chi connectivity index (χ3v) is 3.96. The summed E-state index contributed by atoms with van der Waals surface area (Å²) < 4.78 is 5.37. The summed E-state index contributed by atoms with van der Waals surface area (Å²) in [4.78, 5) is 11.9. The summed E-state index contributed by atoms with van der Waals surface area (Å²) in [6.45, 7) is 8.80. The molecule has 19 heavy (non-hydrogen) atoms. The maximum Gasteiger partial charge on any atom is 0.236 e. The van der Waals surface area contributed by atoms with Crippen LogP contribution in [-0.4, -0.2) is 37.7 Å². The second kappa shape index (κ2) is 9.32. The van der Waals surface area contributed by atoms with Crippen LogP contribution in [-0.2, 0) is 9.53 Å². The fraction of sp³-hybridized carbons (Fsp3) is 0.933. The zero-order valence-electron chi connectivity index (χ0n) is 12.7. The molecule has 0 aliphatic carbocycles. The van der Waals surface area contributed by atoms with Gasteiger partial charge < -0.3 is 15.4 Å². The van der Waals surface area contributed by atoms with Gasteiger partial charge in [0.25, 0.3) is 0 Å². The highest BCUT2D eigenvalue weighted by atomic mass is 16.5. The van der Waals surface area contributed by atoms with E-state index in [2.05, 4.69) is 24.5 Å². The van der Waals surface area contributed by atoms with Crippen LogP contribution in [0.5, 0.6) is 0 Å². The van der Waals surface area contributed by atoms with E-state index in [1.165, 1.54) is 12.8 Å². The van der Waals surface area contributed by atoms with Crippen molar-refractivity contribution in [1.29, 1.82) is 0 Å². The number of rotatable bonds is 8. The van der Waals surface area contributed by atoms with Crippen LogP contribution < -0.4 is 10.6 Å². The first-order valence-electron chi connectivity index (χ1n) is 7.76. The Morgan fingerprint density at radius 1 is 1.26 bits per heavy atom. The van der Waals surface area contributed by atoms with E-state index in [4.69, 9.17) is 4.74 Å². The molecule has 1 amide bonds. The van der Waals surface area contributed by atoms with Gasteiger partial charge in [-0.25, -0.2) is 0 Å². The molecule has 1 fully saturated rings. The molecule has 2 N–H and O–H groups in total. The lowest BCUT2D eigenvalue weighted by atomic mass is 9.92. The van der Waals surface area contributed by atoms with Gasteiger partial charge >= 0.3 is 0 Å². The number of ether oxygens (including phenoxy) is 1. The monoisotopic (exact) mass is 270 g/mol. The van der Waals surface area contributed by atoms with Gasteiger partial charge in [0.2, 0.25) is 5.91 Å². The van der Waals surface area contributed by atoms with Crippen LogP contribution in [0.1, 0.15) is 52.9 Å². The molecule has 1 aliphatic rings. The Balaban J connectivity index is 2.20. The SMILES string of the molecule is CCCCCNC(=O)C(C)NC(C)C1CCOCC1. The third-order valence-electron chi connectivity index (χ3n) is 3.96. The Labute approximate surface area is 117 Å². The Morgan fingerprint density at radius 2 is 1.95 bits per heavy atom. The third kappa shape index (κ3) is 6.39. The van der Waals surface area contributed by atoms with Gasteiger partial charge in [0, 0.05) is 25.8 Å². The van der Waals surface area contributed by atoms with Crippen LogP contribution in [0.3, 0.4) is 0 Å². The van der Waals surface area contributed by atoms with Crippen molar-refractivity contribution in [3.8, 4) is 0 Å². The van der Waals surface area contributed by atoms with E-state index in [1.807, 2.05) is 6.92 Å². The molecule has 1 saturated heterocycles. The molecule has 2 atom stereocenters. The number of hydrogen-bond acceptors (Lipinski definition) is 3. The van der Waals surface area contributed by atoms with Crippen molar-refractivity contribution < 1.29 is 9.53 Å². The molecular weight excluding hydrogens is 240 g/mol. The van der Waals surface area contributed by atoms with E-state index in [0.29, 0.717) is 12.0 Å². The van der Waals surface area contributed by atoms with Gasteiger partial charge in [-0.1, -0.05) is 19.8 Å². The van der Waals surface area contributed by atoms with Crippen LogP contribution >= 0.6 is 0 Å². The fourth-order valence-corrected chi connectivity index (χ4v) is 2.56. The summed E-state index contributed by atoms with van der Waals surface area (Å²) in [7, 11) is 0. The Bertz CT molecular complexity index is 253. The minimum atomic E-state index is -0.112. The first kappa shape index (κ1) is 16.4. The first-order valence-corrected chi connectivity index (χ1v) is 7.76. The van der Waals surface area contributed by atoms with Crippen LogP contribution in [0.15, 0.2) is 0 Å². The van der Waals surface area contributed by atoms with E-state index in [0.717, 1.165) is 39.0 Å². The predicted molar refractivity (Wildman–Crippen MR) is 78.1 cm³/mol. The summed E-state index contributed by atoms with van der Waals surface area (Å²) in [6.07, 6.45) is 5.63. The van der Waals surface area contributed by atoms with Gasteiger partial charge in [-0.15, -0.1) is 0 Å². The van der Waals surface area contributed by atoms with Crippen molar-refractivity contribution in [1.82, 2.24) is 10.6 Å². The number of nitrogens with one attached hydrogen (secondary N) is 2. The molecule has 1 rings (SSSR count). The quantitative estimate of drug-likeness (QED) is 0.664. The Kier molecular flexibility index (Phi) is 8.07. The lowest BCUT2D eigenvalue weighted by molar-refractivity contribution is -0.123. The molecule has 1 heterocycles. The van der Waals surface area contributed by atoms with E-state index >= 15 is 0 Å². The highest BCUT2D eigenvalue weighted by molar-refractivity contribution is 5.81. The Morgan fingerprint density at radius 3 is 2.58 bits per heavy atom. The average Bonchev–Trinajstić information content (AvgIpc) is 2.44. The van der Waals surface area contributed by atoms with E-state index in [1.54, 1.807) is 0 Å². The average molecular weight is 270 g/mol. The van der Waals surface area contributed by atoms with E-state index in [-0.39, 0.29) is 11.9 Å². The summed E-state index contributed by atoms with van der Waals surface area (Å²) >= 11 is 0. The lowest BCUT2D eigenvalue weighted by Crippen LogP contribution is -2.48. The zero-order valence-corrected chi connectivity index (χ0v) is 12.7. The van der Waals surface area contributed by atoms with Crippen LogP contribution in [0.25, 0.3) is 0 Å². The van der Waals surface area contributed by atoms with Crippen LogP contribution in [0.2, 0.25) is 0 Å². The molecule has 0 aromatic carbocycles. The molecule has 0 spiro atoms. The van der Waals surface area contributed by atoms with Gasteiger partial charge in [-0.2, -0.15) is 0 Å². The summed E-state index contributed by atoms with van der Waals surface area (Å²) in [5, 5.41) is 6.42. The van der Waals surface area contributed by atoms with Gasteiger partial charge in [0.1, 0.15) is 0 Å². The maximum absolute atomic E-state index is 11.9. The molecule has 1 aliphatic heterocycles. The fourth-order valence-electron chi connectivity index (χ4n) is 2.56. The smallest absolute Gasteiger partial charge is 0.236 e. The molecule has 0 bridgehead atoms. The lowest BCUT2D eigenvalue weighted by Gasteiger charge is -2.30.